The third-order valence-electron chi connectivity index (χ3n) is 3.93. The minimum Gasteiger partial charge on any atom is -0.356 e. The lowest BCUT2D eigenvalue weighted by atomic mass is 10.1. The summed E-state index contributed by atoms with van der Waals surface area (Å²) < 4.78 is 24.7. The van der Waals surface area contributed by atoms with Crippen molar-refractivity contribution in [1.82, 2.24) is 4.98 Å². The lowest BCUT2D eigenvalue weighted by Crippen LogP contribution is -2.17. The Kier molecular flexibility index (Phi) is 4.56. The zero-order valence-electron chi connectivity index (χ0n) is 13.4. The summed E-state index contributed by atoms with van der Waals surface area (Å²) >= 11 is 0. The maximum atomic E-state index is 12.4. The van der Waals surface area contributed by atoms with Crippen molar-refractivity contribution in [2.75, 3.05) is 5.75 Å². The summed E-state index contributed by atoms with van der Waals surface area (Å²) in [5, 5.41) is 0. The van der Waals surface area contributed by atoms with E-state index in [1.807, 2.05) is 27.7 Å². The molecule has 0 fully saturated rings. The third kappa shape index (κ3) is 3.14. The number of rotatable bonds is 5. The molecule has 0 unspecified atom stereocenters. The van der Waals surface area contributed by atoms with E-state index in [1.165, 1.54) is 0 Å². The first kappa shape index (κ1) is 16.5. The lowest BCUT2D eigenvalue weighted by molar-refractivity contribution is 0.101. The summed E-state index contributed by atoms with van der Waals surface area (Å²) in [5.74, 6) is -0.902. The van der Waals surface area contributed by atoms with Crippen molar-refractivity contribution in [2.24, 2.45) is 0 Å². The van der Waals surface area contributed by atoms with Gasteiger partial charge >= 0.3 is 0 Å². The highest BCUT2D eigenvalue weighted by Crippen LogP contribution is 2.20. The molecule has 2 aromatic rings. The Balaban J connectivity index is 2.30. The number of H-pyrrole nitrogens is 1. The van der Waals surface area contributed by atoms with Crippen LogP contribution >= 0.6 is 0 Å². The molecule has 0 aliphatic carbocycles. The van der Waals surface area contributed by atoms with Gasteiger partial charge in [-0.25, -0.2) is 8.42 Å². The molecule has 0 saturated heterocycles. The molecule has 0 saturated carbocycles. The first-order valence-corrected chi connectivity index (χ1v) is 8.92. The topological polar surface area (TPSA) is 67.0 Å². The fourth-order valence-corrected chi connectivity index (χ4v) is 3.88. The highest BCUT2D eigenvalue weighted by molar-refractivity contribution is 7.92. The summed E-state index contributed by atoms with van der Waals surface area (Å²) in [4.78, 5) is 15.6. The van der Waals surface area contributed by atoms with Crippen LogP contribution in [0.1, 0.15) is 39.8 Å². The summed E-state index contributed by atoms with van der Waals surface area (Å²) in [6.07, 6.45) is 0.812. The molecular weight excluding hydrogens is 298 g/mol. The fourth-order valence-electron chi connectivity index (χ4n) is 2.67. The third-order valence-corrected chi connectivity index (χ3v) is 5.56. The normalized spacial score (nSPS) is 11.6. The number of hydrogen-bond donors (Lipinski definition) is 1. The number of aromatic nitrogens is 1. The van der Waals surface area contributed by atoms with Crippen molar-refractivity contribution in [3.63, 3.8) is 0 Å². The molecule has 118 valence electrons. The van der Waals surface area contributed by atoms with Crippen LogP contribution in [0.3, 0.4) is 0 Å². The molecule has 0 amide bonds. The Hall–Kier alpha value is -1.88. The van der Waals surface area contributed by atoms with Crippen molar-refractivity contribution in [1.29, 1.82) is 0 Å². The van der Waals surface area contributed by atoms with E-state index in [4.69, 9.17) is 0 Å². The van der Waals surface area contributed by atoms with Crippen LogP contribution in [0.2, 0.25) is 0 Å². The van der Waals surface area contributed by atoms with Crippen LogP contribution in [-0.2, 0) is 16.3 Å². The average molecular weight is 319 g/mol. The molecule has 0 radical (unpaired) electrons. The molecule has 1 heterocycles. The van der Waals surface area contributed by atoms with Crippen LogP contribution in [0.25, 0.3) is 0 Å². The second-order valence-corrected chi connectivity index (χ2v) is 7.57. The molecule has 0 aliphatic heterocycles. The van der Waals surface area contributed by atoms with E-state index in [-0.39, 0.29) is 10.7 Å². The van der Waals surface area contributed by atoms with Crippen molar-refractivity contribution < 1.29 is 13.2 Å². The van der Waals surface area contributed by atoms with Gasteiger partial charge in [0.15, 0.2) is 15.6 Å². The number of ketones is 1. The number of sulfone groups is 1. The summed E-state index contributed by atoms with van der Waals surface area (Å²) in [5.41, 5.74) is 4.25. The van der Waals surface area contributed by atoms with Crippen LogP contribution in [0.5, 0.6) is 0 Å². The smallest absolute Gasteiger partial charge is 0.194 e. The number of aryl methyl sites for hydroxylation is 2. The number of hydrogen-bond acceptors (Lipinski definition) is 3. The van der Waals surface area contributed by atoms with Crippen LogP contribution in [0.4, 0.5) is 0 Å². The van der Waals surface area contributed by atoms with Crippen LogP contribution in [0.15, 0.2) is 29.2 Å². The Labute approximate surface area is 131 Å². The minimum atomic E-state index is -3.62. The van der Waals surface area contributed by atoms with E-state index >= 15 is 0 Å². The number of nitrogens with one attached hydrogen (secondary N) is 1. The number of Topliss-reactive ketones (excluding diaryl/α,β-unsaturated/α-hetero) is 1. The minimum absolute atomic E-state index is 0.183. The lowest BCUT2D eigenvalue weighted by Gasteiger charge is -2.05. The van der Waals surface area contributed by atoms with E-state index in [0.717, 1.165) is 28.8 Å². The molecule has 0 aliphatic rings. The van der Waals surface area contributed by atoms with Crippen LogP contribution in [0, 0.1) is 20.8 Å². The average Bonchev–Trinajstić information content (AvgIpc) is 2.73. The zero-order chi connectivity index (χ0) is 16.5. The zero-order valence-corrected chi connectivity index (χ0v) is 14.2. The Morgan fingerprint density at radius 2 is 1.68 bits per heavy atom. The Morgan fingerprint density at radius 1 is 1.09 bits per heavy atom. The van der Waals surface area contributed by atoms with E-state index in [9.17, 15) is 13.2 Å². The van der Waals surface area contributed by atoms with E-state index in [2.05, 4.69) is 4.98 Å². The second-order valence-electron chi connectivity index (χ2n) is 5.58. The highest BCUT2D eigenvalue weighted by atomic mass is 32.2. The fraction of sp³-hybridized carbons (Fsp3) is 0.353. The standard InChI is InChI=1S/C17H21NO3S/c1-5-15-12(3)17(18-13(15)4)16(19)10-22(20,21)14-8-6-11(2)7-9-14/h6-9,18H,5,10H2,1-4H3. The van der Waals surface area contributed by atoms with Crippen LogP contribution < -0.4 is 0 Å². The van der Waals surface area contributed by atoms with Gasteiger partial charge in [0, 0.05) is 5.69 Å². The van der Waals surface area contributed by atoms with E-state index in [0.29, 0.717) is 5.69 Å². The molecule has 0 bridgehead atoms. The molecule has 1 N–H and O–H groups in total. The molecular formula is C17H21NO3S. The van der Waals surface area contributed by atoms with Gasteiger partial charge in [0.2, 0.25) is 0 Å². The van der Waals surface area contributed by atoms with Gasteiger partial charge in [-0.15, -0.1) is 0 Å². The maximum absolute atomic E-state index is 12.4. The van der Waals surface area contributed by atoms with Gasteiger partial charge in [-0.1, -0.05) is 24.6 Å². The van der Waals surface area contributed by atoms with Crippen molar-refractivity contribution in [3.8, 4) is 0 Å². The SMILES string of the molecule is CCc1c(C)[nH]c(C(=O)CS(=O)(=O)c2ccc(C)cc2)c1C. The monoisotopic (exact) mass is 319 g/mol. The van der Waals surface area contributed by atoms with Gasteiger partial charge in [0.25, 0.3) is 0 Å². The first-order chi connectivity index (χ1) is 10.3. The maximum Gasteiger partial charge on any atom is 0.194 e. The summed E-state index contributed by atoms with van der Waals surface area (Å²) in [6.45, 7) is 7.66. The number of aromatic amines is 1. The number of carbonyl (C=O) groups is 1. The molecule has 0 atom stereocenters. The molecule has 2 rings (SSSR count). The molecule has 22 heavy (non-hydrogen) atoms. The highest BCUT2D eigenvalue weighted by Gasteiger charge is 2.23. The largest absolute Gasteiger partial charge is 0.356 e. The summed E-state index contributed by atoms with van der Waals surface area (Å²) in [7, 11) is -3.62. The molecule has 5 heteroatoms. The predicted molar refractivity (Wildman–Crippen MR) is 87.2 cm³/mol. The van der Waals surface area contributed by atoms with E-state index < -0.39 is 15.6 Å². The van der Waals surface area contributed by atoms with Gasteiger partial charge in [0.1, 0.15) is 5.75 Å². The Morgan fingerprint density at radius 3 is 2.18 bits per heavy atom. The van der Waals surface area contributed by atoms with Gasteiger partial charge in [0.05, 0.1) is 10.6 Å². The van der Waals surface area contributed by atoms with Crippen molar-refractivity contribution in [2.45, 2.75) is 39.0 Å². The van der Waals surface area contributed by atoms with Gasteiger partial charge < -0.3 is 4.98 Å². The van der Waals surface area contributed by atoms with E-state index in [1.54, 1.807) is 24.3 Å². The predicted octanol–water partition coefficient (Wildman–Crippen LogP) is 3.16. The van der Waals surface area contributed by atoms with Gasteiger partial charge in [-0.2, -0.15) is 0 Å². The van der Waals surface area contributed by atoms with Crippen molar-refractivity contribution >= 4 is 15.6 Å². The molecule has 0 spiro atoms. The quantitative estimate of drug-likeness (QED) is 0.861. The Bertz CT molecular complexity index is 799. The molecule has 1 aromatic heterocycles. The van der Waals surface area contributed by atoms with Crippen LogP contribution in [-0.4, -0.2) is 24.9 Å². The number of carbonyl (C=O) groups excluding carboxylic acids is 1. The van der Waals surface area contributed by atoms with Gasteiger partial charge in [-0.05, 0) is 50.5 Å². The molecule has 4 nitrogen and oxygen atoms in total. The second kappa shape index (κ2) is 6.08. The molecule has 1 aromatic carbocycles. The summed E-state index contributed by atoms with van der Waals surface area (Å²) in [6, 6.07) is 6.55. The number of benzene rings is 1. The van der Waals surface area contributed by atoms with Crippen molar-refractivity contribution in [3.05, 3.63) is 52.3 Å². The first-order valence-electron chi connectivity index (χ1n) is 7.27. The van der Waals surface area contributed by atoms with Gasteiger partial charge in [-0.3, -0.25) is 4.79 Å².